The maximum absolute atomic E-state index is 12.5. The molecule has 0 spiro atoms. The van der Waals surface area contributed by atoms with Gasteiger partial charge in [-0.25, -0.2) is 0 Å². The number of amides is 2. The molecule has 0 aromatic heterocycles. The van der Waals surface area contributed by atoms with Crippen LogP contribution in [0.4, 0.5) is 0 Å². The Bertz CT molecular complexity index is 861. The molecule has 1 N–H and O–H groups in total. The van der Waals surface area contributed by atoms with E-state index in [2.05, 4.69) is 5.32 Å². The van der Waals surface area contributed by atoms with Gasteiger partial charge in [-0.05, 0) is 43.2 Å². The fourth-order valence-electron chi connectivity index (χ4n) is 3.16. The van der Waals surface area contributed by atoms with Crippen molar-refractivity contribution in [3.05, 3.63) is 60.2 Å². The van der Waals surface area contributed by atoms with E-state index < -0.39 is 5.97 Å². The zero-order valence-corrected chi connectivity index (χ0v) is 16.3. The number of hydrogen-bond acceptors (Lipinski definition) is 5. The molecule has 0 bridgehead atoms. The van der Waals surface area contributed by atoms with Crippen molar-refractivity contribution in [1.29, 1.82) is 0 Å². The van der Waals surface area contributed by atoms with E-state index in [1.165, 1.54) is 13.0 Å². The molecular formula is C22H24N2O5. The van der Waals surface area contributed by atoms with Gasteiger partial charge in [0.15, 0.2) is 6.61 Å². The highest BCUT2D eigenvalue weighted by molar-refractivity contribution is 5.95. The van der Waals surface area contributed by atoms with Crippen LogP contribution in [0.15, 0.2) is 54.6 Å². The van der Waals surface area contributed by atoms with E-state index in [1.54, 1.807) is 23.1 Å². The Hall–Kier alpha value is -3.35. The lowest BCUT2D eigenvalue weighted by Gasteiger charge is -2.32. The molecule has 2 aromatic carbocycles. The standard InChI is InChI=1S/C22H24N2O5/c1-16(25)29-20-9-5-6-17(14-20)22(27)23-18-10-12-24(13-11-18)21(26)15-28-19-7-3-2-4-8-19/h2-9,14,18H,10-13,15H2,1H3,(H,23,27). The van der Waals surface area contributed by atoms with Crippen molar-refractivity contribution < 1.29 is 23.9 Å². The summed E-state index contributed by atoms with van der Waals surface area (Å²) in [6.45, 7) is 2.45. The van der Waals surface area contributed by atoms with Gasteiger partial charge in [0, 0.05) is 31.6 Å². The predicted octanol–water partition coefficient (Wildman–Crippen LogP) is 2.41. The lowest BCUT2D eigenvalue weighted by Crippen LogP contribution is -2.47. The van der Waals surface area contributed by atoms with Crippen LogP contribution >= 0.6 is 0 Å². The Morgan fingerprint density at radius 1 is 1.00 bits per heavy atom. The van der Waals surface area contributed by atoms with Gasteiger partial charge >= 0.3 is 5.97 Å². The summed E-state index contributed by atoms with van der Waals surface area (Å²) in [5, 5.41) is 2.98. The van der Waals surface area contributed by atoms with E-state index in [4.69, 9.17) is 9.47 Å². The SMILES string of the molecule is CC(=O)Oc1cccc(C(=O)NC2CCN(C(=O)COc3ccccc3)CC2)c1. The number of rotatable bonds is 6. The van der Waals surface area contributed by atoms with Crippen molar-refractivity contribution in [3.8, 4) is 11.5 Å². The highest BCUT2D eigenvalue weighted by atomic mass is 16.5. The van der Waals surface area contributed by atoms with E-state index in [0.29, 0.717) is 43.0 Å². The van der Waals surface area contributed by atoms with Crippen LogP contribution in [0, 0.1) is 0 Å². The van der Waals surface area contributed by atoms with E-state index in [9.17, 15) is 14.4 Å². The van der Waals surface area contributed by atoms with Gasteiger partial charge in [-0.2, -0.15) is 0 Å². The van der Waals surface area contributed by atoms with E-state index in [1.807, 2.05) is 30.3 Å². The average Bonchev–Trinajstić information content (AvgIpc) is 2.73. The molecule has 0 aliphatic carbocycles. The smallest absolute Gasteiger partial charge is 0.308 e. The second-order valence-electron chi connectivity index (χ2n) is 6.85. The molecule has 1 aliphatic rings. The molecule has 2 aromatic rings. The van der Waals surface area contributed by atoms with Crippen molar-refractivity contribution >= 4 is 17.8 Å². The molecule has 29 heavy (non-hydrogen) atoms. The molecule has 1 saturated heterocycles. The monoisotopic (exact) mass is 396 g/mol. The summed E-state index contributed by atoms with van der Waals surface area (Å²) >= 11 is 0. The minimum absolute atomic E-state index is 0.00395. The number of carbonyl (C=O) groups excluding carboxylic acids is 3. The quantitative estimate of drug-likeness (QED) is 0.599. The second-order valence-corrected chi connectivity index (χ2v) is 6.85. The number of likely N-dealkylation sites (tertiary alicyclic amines) is 1. The van der Waals surface area contributed by atoms with Gasteiger partial charge in [-0.1, -0.05) is 24.3 Å². The molecule has 152 valence electrons. The Kier molecular flexibility index (Phi) is 6.84. The molecule has 3 rings (SSSR count). The van der Waals surface area contributed by atoms with Crippen molar-refractivity contribution in [2.45, 2.75) is 25.8 Å². The molecule has 7 heteroatoms. The lowest BCUT2D eigenvalue weighted by atomic mass is 10.0. The highest BCUT2D eigenvalue weighted by Gasteiger charge is 2.24. The first-order chi connectivity index (χ1) is 14.0. The van der Waals surface area contributed by atoms with E-state index in [-0.39, 0.29) is 24.5 Å². The Morgan fingerprint density at radius 2 is 1.69 bits per heavy atom. The summed E-state index contributed by atoms with van der Waals surface area (Å²) in [4.78, 5) is 37.6. The minimum Gasteiger partial charge on any atom is -0.484 e. The fraction of sp³-hybridized carbons (Fsp3) is 0.318. The third kappa shape index (κ3) is 6.07. The van der Waals surface area contributed by atoms with Gasteiger partial charge in [-0.3, -0.25) is 14.4 Å². The summed E-state index contributed by atoms with van der Waals surface area (Å²) < 4.78 is 10.5. The largest absolute Gasteiger partial charge is 0.484 e. The number of piperidine rings is 1. The van der Waals surface area contributed by atoms with Crippen LogP contribution in [0.25, 0.3) is 0 Å². The summed E-state index contributed by atoms with van der Waals surface area (Å²) in [6, 6.07) is 15.7. The lowest BCUT2D eigenvalue weighted by molar-refractivity contribution is -0.134. The zero-order chi connectivity index (χ0) is 20.6. The van der Waals surface area contributed by atoms with E-state index in [0.717, 1.165) is 0 Å². The van der Waals surface area contributed by atoms with Crippen LogP contribution in [0.5, 0.6) is 11.5 Å². The summed E-state index contributed by atoms with van der Waals surface area (Å²) in [5.74, 6) is 0.280. The number of benzene rings is 2. The molecule has 1 fully saturated rings. The maximum Gasteiger partial charge on any atom is 0.308 e. The van der Waals surface area contributed by atoms with Crippen LogP contribution in [0.3, 0.4) is 0 Å². The number of nitrogens with zero attached hydrogens (tertiary/aromatic N) is 1. The normalized spacial score (nSPS) is 14.2. The molecular weight excluding hydrogens is 372 g/mol. The maximum atomic E-state index is 12.5. The van der Waals surface area contributed by atoms with E-state index >= 15 is 0 Å². The molecule has 0 saturated carbocycles. The first-order valence-electron chi connectivity index (χ1n) is 9.56. The Labute approximate surface area is 169 Å². The summed E-state index contributed by atoms with van der Waals surface area (Å²) in [5.41, 5.74) is 0.429. The Balaban J connectivity index is 1.45. The van der Waals surface area contributed by atoms with Crippen molar-refractivity contribution in [3.63, 3.8) is 0 Å². The van der Waals surface area contributed by atoms with Crippen LogP contribution in [-0.2, 0) is 9.59 Å². The number of para-hydroxylation sites is 1. The van der Waals surface area contributed by atoms with Crippen molar-refractivity contribution in [2.24, 2.45) is 0 Å². The summed E-state index contributed by atoms with van der Waals surface area (Å²) in [6.07, 6.45) is 1.35. The van der Waals surface area contributed by atoms with Gasteiger partial charge in [0.1, 0.15) is 11.5 Å². The minimum atomic E-state index is -0.434. The highest BCUT2D eigenvalue weighted by Crippen LogP contribution is 2.16. The summed E-state index contributed by atoms with van der Waals surface area (Å²) in [7, 11) is 0. The van der Waals surface area contributed by atoms with Crippen LogP contribution in [-0.4, -0.2) is 48.4 Å². The molecule has 7 nitrogen and oxygen atoms in total. The number of ether oxygens (including phenoxy) is 2. The third-order valence-corrected chi connectivity index (χ3v) is 4.65. The first kappa shape index (κ1) is 20.4. The van der Waals surface area contributed by atoms with Crippen LogP contribution in [0.2, 0.25) is 0 Å². The number of nitrogens with one attached hydrogen (secondary N) is 1. The number of hydrogen-bond donors (Lipinski definition) is 1. The van der Waals surface area contributed by atoms with Gasteiger partial charge in [0.2, 0.25) is 0 Å². The topological polar surface area (TPSA) is 84.9 Å². The number of carbonyl (C=O) groups is 3. The molecule has 0 unspecified atom stereocenters. The molecule has 2 amide bonds. The first-order valence-corrected chi connectivity index (χ1v) is 9.56. The predicted molar refractivity (Wildman–Crippen MR) is 107 cm³/mol. The number of esters is 1. The van der Waals surface area contributed by atoms with Gasteiger partial charge in [0.25, 0.3) is 11.8 Å². The molecule has 1 aliphatic heterocycles. The fourth-order valence-corrected chi connectivity index (χ4v) is 3.16. The van der Waals surface area contributed by atoms with Crippen molar-refractivity contribution in [1.82, 2.24) is 10.2 Å². The molecule has 0 radical (unpaired) electrons. The van der Waals surface area contributed by atoms with Crippen molar-refractivity contribution in [2.75, 3.05) is 19.7 Å². The second kappa shape index (κ2) is 9.73. The Morgan fingerprint density at radius 3 is 2.38 bits per heavy atom. The molecule has 0 atom stereocenters. The average molecular weight is 396 g/mol. The molecule has 1 heterocycles. The zero-order valence-electron chi connectivity index (χ0n) is 16.3. The van der Waals surface area contributed by atoms with Gasteiger partial charge in [-0.15, -0.1) is 0 Å². The van der Waals surface area contributed by atoms with Gasteiger partial charge in [0.05, 0.1) is 0 Å². The van der Waals surface area contributed by atoms with Crippen LogP contribution in [0.1, 0.15) is 30.1 Å². The van der Waals surface area contributed by atoms with Gasteiger partial charge < -0.3 is 19.7 Å². The van der Waals surface area contributed by atoms with Crippen LogP contribution < -0.4 is 14.8 Å². The third-order valence-electron chi connectivity index (χ3n) is 4.65.